The molecular weight excluding hydrogens is 268 g/mol. The summed E-state index contributed by atoms with van der Waals surface area (Å²) >= 11 is 0. The van der Waals surface area contributed by atoms with Crippen molar-refractivity contribution < 1.29 is 0 Å². The minimum atomic E-state index is 0.999. The van der Waals surface area contributed by atoms with E-state index in [2.05, 4.69) is 60.2 Å². The third-order valence-corrected chi connectivity index (χ3v) is 4.23. The summed E-state index contributed by atoms with van der Waals surface area (Å²) < 4.78 is 0. The van der Waals surface area contributed by atoms with Crippen LogP contribution in [0.4, 0.5) is 0 Å². The number of fused-ring (bicyclic) bond motifs is 3. The fraction of sp³-hybridized carbons (Fsp3) is 0.100. The van der Waals surface area contributed by atoms with E-state index in [1.165, 1.54) is 21.9 Å². The molecule has 106 valence electrons. The average Bonchev–Trinajstić information content (AvgIpc) is 2.56. The molecule has 0 N–H and O–H groups in total. The summed E-state index contributed by atoms with van der Waals surface area (Å²) in [6, 6.07) is 18.9. The molecule has 4 rings (SSSR count). The molecule has 2 nitrogen and oxygen atoms in total. The third-order valence-electron chi connectivity index (χ3n) is 4.23. The highest BCUT2D eigenvalue weighted by Crippen LogP contribution is 2.33. The van der Waals surface area contributed by atoms with Crippen LogP contribution in [0.3, 0.4) is 0 Å². The minimum absolute atomic E-state index is 0.999. The van der Waals surface area contributed by atoms with E-state index in [9.17, 15) is 0 Å². The molecule has 1 aromatic heterocycles. The SMILES string of the molecule is Cc1cc2c(-c3ccccc3)ncnc2c2c(C)cccc12. The highest BCUT2D eigenvalue weighted by Gasteiger charge is 2.12. The van der Waals surface area contributed by atoms with E-state index in [-0.39, 0.29) is 0 Å². The van der Waals surface area contributed by atoms with Gasteiger partial charge in [0.15, 0.2) is 0 Å². The molecule has 0 unspecified atom stereocenters. The molecule has 0 radical (unpaired) electrons. The van der Waals surface area contributed by atoms with E-state index in [0.717, 1.165) is 22.2 Å². The van der Waals surface area contributed by atoms with Crippen molar-refractivity contribution in [2.75, 3.05) is 0 Å². The molecule has 4 aromatic rings. The van der Waals surface area contributed by atoms with Crippen LogP contribution >= 0.6 is 0 Å². The zero-order valence-electron chi connectivity index (χ0n) is 12.7. The van der Waals surface area contributed by atoms with Crippen LogP contribution in [0, 0.1) is 13.8 Å². The van der Waals surface area contributed by atoms with Crippen molar-refractivity contribution in [1.29, 1.82) is 0 Å². The third kappa shape index (κ3) is 1.88. The molecule has 2 heteroatoms. The van der Waals surface area contributed by atoms with E-state index < -0.39 is 0 Å². The standard InChI is InChI=1S/C20H16N2/c1-13-7-6-10-16-14(2)11-17-19(15-8-4-3-5-9-15)21-12-22-20(17)18(13)16/h3-12H,1-2H3. The highest BCUT2D eigenvalue weighted by molar-refractivity contribution is 6.11. The van der Waals surface area contributed by atoms with Crippen LogP contribution in [0.2, 0.25) is 0 Å². The van der Waals surface area contributed by atoms with Gasteiger partial charge >= 0.3 is 0 Å². The first kappa shape index (κ1) is 13.0. The van der Waals surface area contributed by atoms with Crippen LogP contribution in [-0.4, -0.2) is 9.97 Å². The van der Waals surface area contributed by atoms with Crippen molar-refractivity contribution in [3.8, 4) is 11.3 Å². The van der Waals surface area contributed by atoms with Gasteiger partial charge in [0.05, 0.1) is 11.2 Å². The molecule has 0 bridgehead atoms. The molecule has 0 saturated carbocycles. The van der Waals surface area contributed by atoms with Crippen LogP contribution in [0.5, 0.6) is 0 Å². The fourth-order valence-corrected chi connectivity index (χ4v) is 3.16. The smallest absolute Gasteiger partial charge is 0.116 e. The summed E-state index contributed by atoms with van der Waals surface area (Å²) in [5, 5.41) is 3.62. The Hall–Kier alpha value is -2.74. The largest absolute Gasteiger partial charge is 0.236 e. The number of benzene rings is 3. The average molecular weight is 284 g/mol. The molecule has 0 amide bonds. The zero-order chi connectivity index (χ0) is 15.1. The quantitative estimate of drug-likeness (QED) is 0.456. The van der Waals surface area contributed by atoms with Crippen LogP contribution in [0.15, 0.2) is 60.9 Å². The predicted molar refractivity (Wildman–Crippen MR) is 92.0 cm³/mol. The number of nitrogens with zero attached hydrogens (tertiary/aromatic N) is 2. The number of hydrogen-bond donors (Lipinski definition) is 0. The first-order valence-corrected chi connectivity index (χ1v) is 7.45. The maximum atomic E-state index is 4.59. The topological polar surface area (TPSA) is 25.8 Å². The minimum Gasteiger partial charge on any atom is -0.236 e. The predicted octanol–water partition coefficient (Wildman–Crippen LogP) is 5.07. The second-order valence-corrected chi connectivity index (χ2v) is 5.68. The normalized spacial score (nSPS) is 11.2. The number of hydrogen-bond acceptors (Lipinski definition) is 2. The molecule has 0 spiro atoms. The van der Waals surface area contributed by atoms with Crippen LogP contribution in [0.25, 0.3) is 32.9 Å². The van der Waals surface area contributed by atoms with Gasteiger partial charge in [-0.15, -0.1) is 0 Å². The molecule has 0 saturated heterocycles. The lowest BCUT2D eigenvalue weighted by Crippen LogP contribution is -1.93. The molecule has 0 atom stereocenters. The van der Waals surface area contributed by atoms with Gasteiger partial charge in [0, 0.05) is 16.3 Å². The van der Waals surface area contributed by atoms with Crippen LogP contribution < -0.4 is 0 Å². The van der Waals surface area contributed by atoms with Gasteiger partial charge < -0.3 is 0 Å². The number of rotatable bonds is 1. The van der Waals surface area contributed by atoms with Gasteiger partial charge in [-0.1, -0.05) is 48.5 Å². The Kier molecular flexibility index (Phi) is 2.90. The maximum absolute atomic E-state index is 4.59. The lowest BCUT2D eigenvalue weighted by atomic mass is 9.96. The maximum Gasteiger partial charge on any atom is 0.116 e. The van der Waals surface area contributed by atoms with E-state index in [1.807, 2.05) is 18.2 Å². The molecule has 0 fully saturated rings. The van der Waals surface area contributed by atoms with Crippen LogP contribution in [0.1, 0.15) is 11.1 Å². The van der Waals surface area contributed by atoms with Gasteiger partial charge in [-0.25, -0.2) is 9.97 Å². The fourth-order valence-electron chi connectivity index (χ4n) is 3.16. The van der Waals surface area contributed by atoms with Crippen molar-refractivity contribution in [3.63, 3.8) is 0 Å². The van der Waals surface area contributed by atoms with Crippen molar-refractivity contribution in [2.24, 2.45) is 0 Å². The molecule has 3 aromatic carbocycles. The molecule has 0 aliphatic carbocycles. The summed E-state index contributed by atoms with van der Waals surface area (Å²) in [5.74, 6) is 0. The van der Waals surface area contributed by atoms with Crippen LogP contribution in [-0.2, 0) is 0 Å². The summed E-state index contributed by atoms with van der Waals surface area (Å²) in [4.78, 5) is 9.13. The van der Waals surface area contributed by atoms with Crippen molar-refractivity contribution >= 4 is 21.7 Å². The van der Waals surface area contributed by atoms with E-state index in [4.69, 9.17) is 0 Å². The first-order valence-electron chi connectivity index (χ1n) is 7.45. The Bertz CT molecular complexity index is 989. The highest BCUT2D eigenvalue weighted by atomic mass is 14.8. The number of aromatic nitrogens is 2. The lowest BCUT2D eigenvalue weighted by molar-refractivity contribution is 1.23. The van der Waals surface area contributed by atoms with Crippen molar-refractivity contribution in [2.45, 2.75) is 13.8 Å². The van der Waals surface area contributed by atoms with Gasteiger partial charge in [-0.2, -0.15) is 0 Å². The molecular formula is C20H16N2. The van der Waals surface area contributed by atoms with E-state index in [0.29, 0.717) is 0 Å². The van der Waals surface area contributed by atoms with Crippen molar-refractivity contribution in [1.82, 2.24) is 9.97 Å². The first-order chi connectivity index (χ1) is 10.8. The van der Waals surface area contributed by atoms with Crippen molar-refractivity contribution in [3.05, 3.63) is 72.1 Å². The summed E-state index contributed by atoms with van der Waals surface area (Å²) in [6.07, 6.45) is 1.67. The van der Waals surface area contributed by atoms with Gasteiger partial charge in [-0.3, -0.25) is 0 Å². The monoisotopic (exact) mass is 284 g/mol. The van der Waals surface area contributed by atoms with E-state index >= 15 is 0 Å². The summed E-state index contributed by atoms with van der Waals surface area (Å²) in [6.45, 7) is 4.30. The van der Waals surface area contributed by atoms with E-state index in [1.54, 1.807) is 6.33 Å². The summed E-state index contributed by atoms with van der Waals surface area (Å²) in [5.41, 5.74) is 5.68. The summed E-state index contributed by atoms with van der Waals surface area (Å²) in [7, 11) is 0. The molecule has 1 heterocycles. The second-order valence-electron chi connectivity index (χ2n) is 5.68. The van der Waals surface area contributed by atoms with Gasteiger partial charge in [0.1, 0.15) is 6.33 Å². The van der Waals surface area contributed by atoms with Gasteiger partial charge in [0.2, 0.25) is 0 Å². The van der Waals surface area contributed by atoms with Gasteiger partial charge in [-0.05, 0) is 36.4 Å². The Morgan fingerprint density at radius 3 is 2.36 bits per heavy atom. The lowest BCUT2D eigenvalue weighted by Gasteiger charge is -2.12. The molecule has 0 aliphatic rings. The Morgan fingerprint density at radius 2 is 1.55 bits per heavy atom. The zero-order valence-corrected chi connectivity index (χ0v) is 12.7. The Morgan fingerprint density at radius 1 is 0.727 bits per heavy atom. The Balaban J connectivity index is 2.19. The van der Waals surface area contributed by atoms with Gasteiger partial charge in [0.25, 0.3) is 0 Å². The molecule has 0 aliphatic heterocycles. The second kappa shape index (κ2) is 4.92. The number of aryl methyl sites for hydroxylation is 2. The molecule has 22 heavy (non-hydrogen) atoms. The Labute approximate surface area is 129 Å².